The molecule has 2 aromatic rings. The quantitative estimate of drug-likeness (QED) is 0.790. The van der Waals surface area contributed by atoms with E-state index >= 15 is 0 Å². The summed E-state index contributed by atoms with van der Waals surface area (Å²) in [5.41, 5.74) is 0. The Kier molecular flexibility index (Phi) is 5.39. The number of sulfonamides is 1. The maximum atomic E-state index is 12.7. The largest absolute Gasteiger partial charge is 0.344 e. The van der Waals surface area contributed by atoms with Crippen LogP contribution in [-0.4, -0.2) is 49.1 Å². The van der Waals surface area contributed by atoms with E-state index in [1.165, 1.54) is 4.31 Å². The van der Waals surface area contributed by atoms with Gasteiger partial charge in [0.05, 0.1) is 4.90 Å². The van der Waals surface area contributed by atoms with Crippen molar-refractivity contribution < 1.29 is 8.42 Å². The van der Waals surface area contributed by atoms with Gasteiger partial charge >= 0.3 is 0 Å². The van der Waals surface area contributed by atoms with Gasteiger partial charge in [0.25, 0.3) is 0 Å². The predicted molar refractivity (Wildman–Crippen MR) is 96.3 cm³/mol. The smallest absolute Gasteiger partial charge is 0.243 e. The molecule has 0 amide bonds. The third kappa shape index (κ3) is 3.72. The van der Waals surface area contributed by atoms with Crippen molar-refractivity contribution in [1.82, 2.24) is 14.5 Å². The minimum absolute atomic E-state index is 0.279. The molecule has 0 unspecified atom stereocenters. The van der Waals surface area contributed by atoms with Gasteiger partial charge in [0.1, 0.15) is 5.01 Å². The predicted octanol–water partition coefficient (Wildman–Crippen LogP) is 2.65. The molecule has 1 aromatic heterocycles. The molecule has 1 aliphatic rings. The summed E-state index contributed by atoms with van der Waals surface area (Å²) in [6, 6.07) is 6.29. The number of benzene rings is 1. The fraction of sp³-hybridized carbons (Fsp3) is 0.467. The molecular formula is C15H19ClN4O2S2. The molecule has 0 atom stereocenters. The molecule has 0 saturated carbocycles. The Bertz CT molecular complexity index is 784. The second-order valence-corrected chi connectivity index (χ2v) is 8.99. The highest BCUT2D eigenvalue weighted by atomic mass is 35.5. The van der Waals surface area contributed by atoms with Crippen LogP contribution in [0.1, 0.15) is 18.4 Å². The number of piperazine rings is 1. The molecule has 0 aliphatic carbocycles. The molecular weight excluding hydrogens is 368 g/mol. The lowest BCUT2D eigenvalue weighted by Gasteiger charge is -2.33. The van der Waals surface area contributed by atoms with E-state index in [4.69, 9.17) is 11.6 Å². The van der Waals surface area contributed by atoms with Crippen LogP contribution < -0.4 is 4.90 Å². The Morgan fingerprint density at radius 3 is 2.42 bits per heavy atom. The fourth-order valence-corrected chi connectivity index (χ4v) is 5.10. The number of hydrogen-bond donors (Lipinski definition) is 0. The van der Waals surface area contributed by atoms with Gasteiger partial charge in [-0.1, -0.05) is 29.9 Å². The van der Waals surface area contributed by atoms with Gasteiger partial charge in [0.2, 0.25) is 15.2 Å². The number of nitrogens with zero attached hydrogens (tertiary/aromatic N) is 4. The molecule has 1 aliphatic heterocycles. The molecule has 0 spiro atoms. The summed E-state index contributed by atoms with van der Waals surface area (Å²) in [4.78, 5) is 2.38. The zero-order chi connectivity index (χ0) is 17.2. The van der Waals surface area contributed by atoms with Crippen molar-refractivity contribution in [3.63, 3.8) is 0 Å². The summed E-state index contributed by atoms with van der Waals surface area (Å²) in [6.07, 6.45) is 1.98. The summed E-state index contributed by atoms with van der Waals surface area (Å²) in [7, 11) is -3.47. The van der Waals surface area contributed by atoms with Gasteiger partial charge in [0.15, 0.2) is 0 Å². The number of aryl methyl sites for hydroxylation is 1. The van der Waals surface area contributed by atoms with Gasteiger partial charge in [-0.25, -0.2) is 8.42 Å². The monoisotopic (exact) mass is 386 g/mol. The Hall–Kier alpha value is -1.22. The molecule has 130 valence electrons. The number of hydrogen-bond acceptors (Lipinski definition) is 6. The maximum Gasteiger partial charge on any atom is 0.243 e. The molecule has 1 aromatic carbocycles. The second kappa shape index (κ2) is 7.35. The van der Waals surface area contributed by atoms with Crippen LogP contribution in [0.3, 0.4) is 0 Å². The van der Waals surface area contributed by atoms with Crippen LogP contribution in [0.5, 0.6) is 0 Å². The summed E-state index contributed by atoms with van der Waals surface area (Å²) < 4.78 is 26.9. The number of anilines is 1. The van der Waals surface area contributed by atoms with E-state index in [0.29, 0.717) is 31.2 Å². The lowest BCUT2D eigenvalue weighted by atomic mass is 10.4. The molecule has 3 rings (SSSR count). The average Bonchev–Trinajstić information content (AvgIpc) is 3.04. The van der Waals surface area contributed by atoms with Crippen molar-refractivity contribution in [1.29, 1.82) is 0 Å². The van der Waals surface area contributed by atoms with Crippen LogP contribution in [0.25, 0.3) is 0 Å². The lowest BCUT2D eigenvalue weighted by molar-refractivity contribution is 0.384. The Morgan fingerprint density at radius 2 is 1.79 bits per heavy atom. The Labute approximate surface area is 151 Å². The van der Waals surface area contributed by atoms with Crippen molar-refractivity contribution in [3.8, 4) is 0 Å². The number of rotatable bonds is 5. The van der Waals surface area contributed by atoms with Crippen LogP contribution in [0.15, 0.2) is 29.2 Å². The van der Waals surface area contributed by atoms with Crippen molar-refractivity contribution >= 4 is 38.1 Å². The van der Waals surface area contributed by atoms with Crippen LogP contribution in [0.2, 0.25) is 5.02 Å². The van der Waals surface area contributed by atoms with Gasteiger partial charge < -0.3 is 4.90 Å². The van der Waals surface area contributed by atoms with Gasteiger partial charge in [-0.2, -0.15) is 4.31 Å². The maximum absolute atomic E-state index is 12.7. The van der Waals surface area contributed by atoms with E-state index in [0.717, 1.165) is 23.0 Å². The zero-order valence-electron chi connectivity index (χ0n) is 13.4. The highest BCUT2D eigenvalue weighted by Crippen LogP contribution is 2.25. The lowest BCUT2D eigenvalue weighted by Crippen LogP contribution is -2.48. The minimum Gasteiger partial charge on any atom is -0.344 e. The van der Waals surface area contributed by atoms with Gasteiger partial charge in [-0.15, -0.1) is 10.2 Å². The van der Waals surface area contributed by atoms with Crippen molar-refractivity contribution in [3.05, 3.63) is 34.3 Å². The van der Waals surface area contributed by atoms with Crippen molar-refractivity contribution in [2.24, 2.45) is 0 Å². The molecule has 1 saturated heterocycles. The van der Waals surface area contributed by atoms with Crippen LogP contribution in [0.4, 0.5) is 5.13 Å². The standard InChI is InChI=1S/C15H19ClN4O2S2/c1-2-3-14-17-18-15(23-14)19-8-10-20(11-9-19)24(21,22)13-6-4-12(16)5-7-13/h4-7H,2-3,8-11H2,1H3. The topological polar surface area (TPSA) is 66.4 Å². The van der Waals surface area contributed by atoms with Gasteiger partial charge in [-0.3, -0.25) is 0 Å². The SMILES string of the molecule is CCCc1nnc(N2CCN(S(=O)(=O)c3ccc(Cl)cc3)CC2)s1. The Morgan fingerprint density at radius 1 is 1.12 bits per heavy atom. The fourth-order valence-electron chi connectivity index (χ4n) is 2.56. The molecule has 9 heteroatoms. The van der Waals surface area contributed by atoms with E-state index in [-0.39, 0.29) is 4.90 Å². The highest BCUT2D eigenvalue weighted by Gasteiger charge is 2.29. The van der Waals surface area contributed by atoms with E-state index in [9.17, 15) is 8.42 Å². The molecule has 0 radical (unpaired) electrons. The zero-order valence-corrected chi connectivity index (χ0v) is 15.7. The van der Waals surface area contributed by atoms with Crippen LogP contribution in [-0.2, 0) is 16.4 Å². The third-order valence-corrected chi connectivity index (χ3v) is 7.09. The van der Waals surface area contributed by atoms with Crippen LogP contribution >= 0.6 is 22.9 Å². The van der Waals surface area contributed by atoms with Crippen molar-refractivity contribution in [2.75, 3.05) is 31.1 Å². The normalized spacial score (nSPS) is 16.5. The highest BCUT2D eigenvalue weighted by molar-refractivity contribution is 7.89. The first-order chi connectivity index (χ1) is 11.5. The first kappa shape index (κ1) is 17.6. The summed E-state index contributed by atoms with van der Waals surface area (Å²) in [5.74, 6) is 0. The van der Waals surface area contributed by atoms with Crippen LogP contribution in [0, 0.1) is 0 Å². The van der Waals surface area contributed by atoms with E-state index in [1.807, 2.05) is 0 Å². The molecule has 24 heavy (non-hydrogen) atoms. The molecule has 0 bridgehead atoms. The second-order valence-electron chi connectivity index (χ2n) is 5.57. The van der Waals surface area contributed by atoms with Gasteiger partial charge in [0, 0.05) is 37.6 Å². The number of aromatic nitrogens is 2. The van der Waals surface area contributed by atoms with E-state index in [1.54, 1.807) is 35.6 Å². The molecule has 0 N–H and O–H groups in total. The average molecular weight is 387 g/mol. The van der Waals surface area contributed by atoms with Gasteiger partial charge in [-0.05, 0) is 30.7 Å². The molecule has 2 heterocycles. The van der Waals surface area contributed by atoms with Crippen molar-refractivity contribution in [2.45, 2.75) is 24.7 Å². The first-order valence-electron chi connectivity index (χ1n) is 7.84. The first-order valence-corrected chi connectivity index (χ1v) is 10.5. The summed E-state index contributed by atoms with van der Waals surface area (Å²) in [6.45, 7) is 4.23. The Balaban J connectivity index is 1.66. The molecule has 1 fully saturated rings. The minimum atomic E-state index is -3.47. The van der Waals surface area contributed by atoms with E-state index < -0.39 is 10.0 Å². The third-order valence-electron chi connectivity index (χ3n) is 3.88. The molecule has 6 nitrogen and oxygen atoms in total. The summed E-state index contributed by atoms with van der Waals surface area (Å²) >= 11 is 7.42. The summed E-state index contributed by atoms with van der Waals surface area (Å²) in [5, 5.41) is 10.8. The number of halogens is 1. The van der Waals surface area contributed by atoms with E-state index in [2.05, 4.69) is 22.0 Å².